The average Bonchev–Trinajstić information content (AvgIpc) is 2.79. The first-order chi connectivity index (χ1) is 7.38. The van der Waals surface area contributed by atoms with Gasteiger partial charge >= 0.3 is 0 Å². The number of anilines is 1. The Hall–Kier alpha value is -2.04. The molecule has 5 heteroatoms. The third kappa shape index (κ3) is 2.46. The lowest BCUT2D eigenvalue weighted by Gasteiger charge is -2.04. The minimum absolute atomic E-state index is 0.580. The molecule has 15 heavy (non-hydrogen) atoms. The lowest BCUT2D eigenvalue weighted by Crippen LogP contribution is -2.01. The zero-order chi connectivity index (χ0) is 10.5. The highest BCUT2D eigenvalue weighted by Crippen LogP contribution is 2.11. The van der Waals surface area contributed by atoms with Crippen LogP contribution in [0.5, 0.6) is 5.88 Å². The summed E-state index contributed by atoms with van der Waals surface area (Å²) in [7, 11) is 1.59. The quantitative estimate of drug-likeness (QED) is 0.823. The van der Waals surface area contributed by atoms with Crippen LogP contribution < -0.4 is 10.1 Å². The van der Waals surface area contributed by atoms with Crippen molar-refractivity contribution < 1.29 is 9.26 Å². The summed E-state index contributed by atoms with van der Waals surface area (Å²) in [6, 6.07) is 7.33. The van der Waals surface area contributed by atoms with Crippen LogP contribution in [-0.2, 0) is 6.54 Å². The molecule has 2 aromatic rings. The van der Waals surface area contributed by atoms with E-state index in [0.29, 0.717) is 12.4 Å². The number of hydrogen-bond acceptors (Lipinski definition) is 5. The third-order valence-corrected chi connectivity index (χ3v) is 1.87. The molecule has 0 aliphatic rings. The standard InChI is InChI=1S/C10H11N3O2/c1-14-10-4-2-3-9(12-10)11-7-8-5-6-15-13-8/h2-6H,7H2,1H3,(H,11,12). The molecule has 0 atom stereocenters. The SMILES string of the molecule is COc1cccc(NCc2ccon2)n1. The largest absolute Gasteiger partial charge is 0.481 e. The fourth-order valence-electron chi connectivity index (χ4n) is 1.14. The molecule has 0 aromatic carbocycles. The lowest BCUT2D eigenvalue weighted by atomic mass is 10.4. The second kappa shape index (κ2) is 4.45. The van der Waals surface area contributed by atoms with Gasteiger partial charge in [-0.3, -0.25) is 0 Å². The van der Waals surface area contributed by atoms with E-state index in [-0.39, 0.29) is 0 Å². The minimum Gasteiger partial charge on any atom is -0.481 e. The topological polar surface area (TPSA) is 60.2 Å². The van der Waals surface area contributed by atoms with Crippen molar-refractivity contribution in [3.63, 3.8) is 0 Å². The van der Waals surface area contributed by atoms with Gasteiger partial charge in [0.25, 0.3) is 0 Å². The second-order valence-electron chi connectivity index (χ2n) is 2.91. The number of nitrogens with zero attached hydrogens (tertiary/aromatic N) is 2. The molecule has 78 valence electrons. The summed E-state index contributed by atoms with van der Waals surface area (Å²) in [5.74, 6) is 1.33. The van der Waals surface area contributed by atoms with Gasteiger partial charge in [0.1, 0.15) is 17.8 Å². The van der Waals surface area contributed by atoms with Gasteiger partial charge in [-0.25, -0.2) is 0 Å². The van der Waals surface area contributed by atoms with E-state index in [2.05, 4.69) is 15.5 Å². The van der Waals surface area contributed by atoms with Crippen molar-refractivity contribution in [2.24, 2.45) is 0 Å². The van der Waals surface area contributed by atoms with Crippen molar-refractivity contribution in [1.82, 2.24) is 10.1 Å². The van der Waals surface area contributed by atoms with Crippen molar-refractivity contribution in [1.29, 1.82) is 0 Å². The predicted molar refractivity (Wildman–Crippen MR) is 54.6 cm³/mol. The monoisotopic (exact) mass is 205 g/mol. The Balaban J connectivity index is 1.98. The number of methoxy groups -OCH3 is 1. The molecule has 0 aliphatic carbocycles. The van der Waals surface area contributed by atoms with Crippen LogP contribution in [0.3, 0.4) is 0 Å². The Morgan fingerprint density at radius 2 is 2.33 bits per heavy atom. The van der Waals surface area contributed by atoms with Gasteiger partial charge in [-0.15, -0.1) is 0 Å². The van der Waals surface area contributed by atoms with E-state index in [9.17, 15) is 0 Å². The Labute approximate surface area is 87.1 Å². The molecule has 0 saturated carbocycles. The van der Waals surface area contributed by atoms with Crippen LogP contribution >= 0.6 is 0 Å². The van der Waals surface area contributed by atoms with Crippen LogP contribution in [0.2, 0.25) is 0 Å². The van der Waals surface area contributed by atoms with E-state index in [1.54, 1.807) is 19.2 Å². The molecule has 0 bridgehead atoms. The fraction of sp³-hybridized carbons (Fsp3) is 0.200. The number of ether oxygens (including phenoxy) is 1. The van der Waals surface area contributed by atoms with Crippen LogP contribution in [0.25, 0.3) is 0 Å². The first kappa shape index (κ1) is 9.51. The molecule has 2 rings (SSSR count). The molecule has 0 aliphatic heterocycles. The van der Waals surface area contributed by atoms with Crippen LogP contribution in [0.1, 0.15) is 5.69 Å². The zero-order valence-corrected chi connectivity index (χ0v) is 8.30. The Bertz CT molecular complexity index is 414. The highest BCUT2D eigenvalue weighted by atomic mass is 16.5. The van der Waals surface area contributed by atoms with Gasteiger partial charge in [0.15, 0.2) is 0 Å². The summed E-state index contributed by atoms with van der Waals surface area (Å²) in [6.07, 6.45) is 1.54. The molecule has 0 spiro atoms. The van der Waals surface area contributed by atoms with E-state index in [0.717, 1.165) is 11.5 Å². The van der Waals surface area contributed by atoms with E-state index in [1.807, 2.05) is 12.1 Å². The van der Waals surface area contributed by atoms with E-state index in [4.69, 9.17) is 9.26 Å². The average molecular weight is 205 g/mol. The summed E-state index contributed by atoms with van der Waals surface area (Å²) < 4.78 is 9.72. The smallest absolute Gasteiger partial charge is 0.214 e. The number of pyridine rings is 1. The highest BCUT2D eigenvalue weighted by molar-refractivity contribution is 5.37. The molecular formula is C10H11N3O2. The van der Waals surface area contributed by atoms with Gasteiger partial charge in [-0.05, 0) is 6.07 Å². The molecule has 1 N–H and O–H groups in total. The maximum atomic E-state index is 5.01. The van der Waals surface area contributed by atoms with Crippen LogP contribution in [0.15, 0.2) is 35.1 Å². The molecule has 0 unspecified atom stereocenters. The van der Waals surface area contributed by atoms with Crippen molar-refractivity contribution in [2.75, 3.05) is 12.4 Å². The molecular weight excluding hydrogens is 194 g/mol. The molecule has 5 nitrogen and oxygen atoms in total. The maximum Gasteiger partial charge on any atom is 0.214 e. The molecule has 0 saturated heterocycles. The second-order valence-corrected chi connectivity index (χ2v) is 2.91. The van der Waals surface area contributed by atoms with Gasteiger partial charge in [-0.2, -0.15) is 4.98 Å². The molecule has 2 heterocycles. The molecule has 0 radical (unpaired) electrons. The fourth-order valence-corrected chi connectivity index (χ4v) is 1.14. The summed E-state index contributed by atoms with van der Waals surface area (Å²) in [6.45, 7) is 0.580. The predicted octanol–water partition coefficient (Wildman–Crippen LogP) is 1.69. The Morgan fingerprint density at radius 3 is 3.07 bits per heavy atom. The Morgan fingerprint density at radius 1 is 1.40 bits per heavy atom. The van der Waals surface area contributed by atoms with E-state index < -0.39 is 0 Å². The minimum atomic E-state index is 0.580. The first-order valence-electron chi connectivity index (χ1n) is 4.52. The van der Waals surface area contributed by atoms with Crippen LogP contribution in [0, 0.1) is 0 Å². The Kier molecular flexibility index (Phi) is 2.82. The number of nitrogens with one attached hydrogen (secondary N) is 1. The highest BCUT2D eigenvalue weighted by Gasteiger charge is 1.99. The van der Waals surface area contributed by atoms with Crippen molar-refractivity contribution in [2.45, 2.75) is 6.54 Å². The lowest BCUT2D eigenvalue weighted by molar-refractivity contribution is 0.398. The van der Waals surface area contributed by atoms with E-state index >= 15 is 0 Å². The van der Waals surface area contributed by atoms with Crippen molar-refractivity contribution >= 4 is 5.82 Å². The normalized spacial score (nSPS) is 9.93. The van der Waals surface area contributed by atoms with Gasteiger partial charge in [0.05, 0.1) is 13.7 Å². The van der Waals surface area contributed by atoms with Crippen molar-refractivity contribution in [3.05, 3.63) is 36.2 Å². The van der Waals surface area contributed by atoms with Crippen LogP contribution in [-0.4, -0.2) is 17.3 Å². The number of aromatic nitrogens is 2. The summed E-state index contributed by atoms with van der Waals surface area (Å²) in [5, 5.41) is 6.89. The molecule has 0 amide bonds. The summed E-state index contributed by atoms with van der Waals surface area (Å²) >= 11 is 0. The van der Waals surface area contributed by atoms with Gasteiger partial charge in [-0.1, -0.05) is 11.2 Å². The molecule has 2 aromatic heterocycles. The first-order valence-corrected chi connectivity index (χ1v) is 4.52. The number of rotatable bonds is 4. The zero-order valence-electron chi connectivity index (χ0n) is 8.30. The van der Waals surface area contributed by atoms with Gasteiger partial charge in [0, 0.05) is 12.1 Å². The van der Waals surface area contributed by atoms with Gasteiger partial charge < -0.3 is 14.6 Å². The maximum absolute atomic E-state index is 5.01. The van der Waals surface area contributed by atoms with E-state index in [1.165, 1.54) is 6.26 Å². The van der Waals surface area contributed by atoms with Gasteiger partial charge in [0.2, 0.25) is 5.88 Å². The van der Waals surface area contributed by atoms with Crippen LogP contribution in [0.4, 0.5) is 5.82 Å². The molecule has 0 fully saturated rings. The summed E-state index contributed by atoms with van der Waals surface area (Å²) in [4.78, 5) is 4.20. The third-order valence-electron chi connectivity index (χ3n) is 1.87. The summed E-state index contributed by atoms with van der Waals surface area (Å²) in [5.41, 5.74) is 0.833. The number of hydrogen-bond donors (Lipinski definition) is 1. The van der Waals surface area contributed by atoms with Crippen molar-refractivity contribution in [3.8, 4) is 5.88 Å².